The van der Waals surface area contributed by atoms with E-state index in [1.165, 1.54) is 7.11 Å². The number of nitrogens with one attached hydrogen (secondary N) is 1. The van der Waals surface area contributed by atoms with Crippen LogP contribution < -0.4 is 10.1 Å². The summed E-state index contributed by atoms with van der Waals surface area (Å²) < 4.78 is 10.5. The predicted octanol–water partition coefficient (Wildman–Crippen LogP) is 2.08. The van der Waals surface area contributed by atoms with Crippen LogP contribution in [0.25, 0.3) is 0 Å². The smallest absolute Gasteiger partial charge is 0.342 e. The summed E-state index contributed by atoms with van der Waals surface area (Å²) in [5.41, 5.74) is 2.70. The van der Waals surface area contributed by atoms with Crippen molar-refractivity contribution in [3.63, 3.8) is 0 Å². The molecule has 1 aromatic rings. The summed E-state index contributed by atoms with van der Waals surface area (Å²) in [4.78, 5) is 45.9. The minimum Gasteiger partial charge on any atom is -0.507 e. The van der Waals surface area contributed by atoms with Crippen molar-refractivity contribution in [1.82, 2.24) is 5.32 Å². The minimum atomic E-state index is -1.29. The van der Waals surface area contributed by atoms with Crippen LogP contribution >= 0.6 is 0 Å². The van der Waals surface area contributed by atoms with Gasteiger partial charge in [-0.15, -0.1) is 0 Å². The van der Waals surface area contributed by atoms with Gasteiger partial charge in [-0.05, 0) is 38.7 Å². The number of carbonyl (C=O) groups excluding carboxylic acids is 2. The number of methoxy groups -OCH3 is 1. The monoisotopic (exact) mass is 449 g/mol. The van der Waals surface area contributed by atoms with Gasteiger partial charge in [0.2, 0.25) is 5.91 Å². The number of phenolic OH excluding ortho intramolecular Hbond substituents is 1. The molecule has 1 aromatic carbocycles. The van der Waals surface area contributed by atoms with E-state index >= 15 is 0 Å². The van der Waals surface area contributed by atoms with Crippen LogP contribution in [-0.4, -0.2) is 52.3 Å². The van der Waals surface area contributed by atoms with Crippen molar-refractivity contribution in [3.8, 4) is 11.5 Å². The lowest BCUT2D eigenvalue weighted by Gasteiger charge is -2.16. The molecule has 2 rings (SSSR count). The Hall–Kier alpha value is -3.56. The van der Waals surface area contributed by atoms with Gasteiger partial charge in [-0.2, -0.15) is 0 Å². The molecule has 32 heavy (non-hydrogen) atoms. The molecule has 10 heteroatoms. The van der Waals surface area contributed by atoms with Crippen molar-refractivity contribution in [2.75, 3.05) is 7.11 Å². The highest BCUT2D eigenvalue weighted by Gasteiger charge is 2.31. The maximum absolute atomic E-state index is 12.1. The number of esters is 1. The van der Waals surface area contributed by atoms with Crippen LogP contribution in [0, 0.1) is 6.92 Å². The highest BCUT2D eigenvalue weighted by Crippen LogP contribution is 2.42. The molecule has 4 N–H and O–H groups in total. The molecule has 10 nitrogen and oxygen atoms in total. The molecule has 174 valence electrons. The highest BCUT2D eigenvalue weighted by atomic mass is 16.5. The van der Waals surface area contributed by atoms with Gasteiger partial charge in [0.05, 0.1) is 7.11 Å². The third-order valence-electron chi connectivity index (χ3n) is 5.33. The number of hydrogen-bond acceptors (Lipinski definition) is 7. The summed E-state index contributed by atoms with van der Waals surface area (Å²) in [6, 6.07) is -1.27. The first-order valence-electron chi connectivity index (χ1n) is 10.0. The fourth-order valence-corrected chi connectivity index (χ4v) is 3.51. The number of cyclic esters (lactones) is 1. The summed E-state index contributed by atoms with van der Waals surface area (Å²) in [6.45, 7) is 3.65. The molecule has 1 aliphatic heterocycles. The maximum atomic E-state index is 12.1. The van der Waals surface area contributed by atoms with Gasteiger partial charge in [0.1, 0.15) is 29.7 Å². The van der Waals surface area contributed by atoms with E-state index in [4.69, 9.17) is 19.7 Å². The lowest BCUT2D eigenvalue weighted by atomic mass is 9.94. The number of rotatable bonds is 11. The molecule has 0 aromatic heterocycles. The molecular weight excluding hydrogens is 422 g/mol. The van der Waals surface area contributed by atoms with Gasteiger partial charge in [-0.1, -0.05) is 11.6 Å². The molecule has 1 amide bonds. The number of carbonyl (C=O) groups is 4. The number of aliphatic carboxylic acids is 2. The van der Waals surface area contributed by atoms with Crippen molar-refractivity contribution in [2.45, 2.75) is 58.6 Å². The molecule has 0 aliphatic carbocycles. The van der Waals surface area contributed by atoms with Crippen molar-refractivity contribution in [3.05, 3.63) is 33.9 Å². The molecule has 1 aliphatic rings. The lowest BCUT2D eigenvalue weighted by Crippen LogP contribution is -2.41. The second-order valence-corrected chi connectivity index (χ2v) is 7.56. The number of carboxylic acid groups (broad SMARTS) is 2. The van der Waals surface area contributed by atoms with Crippen molar-refractivity contribution >= 4 is 23.8 Å². The van der Waals surface area contributed by atoms with E-state index in [-0.39, 0.29) is 43.6 Å². The minimum absolute atomic E-state index is 0.0117. The first-order valence-corrected chi connectivity index (χ1v) is 10.0. The molecule has 0 spiro atoms. The van der Waals surface area contributed by atoms with Gasteiger partial charge in [-0.3, -0.25) is 9.59 Å². The van der Waals surface area contributed by atoms with Gasteiger partial charge in [0, 0.05) is 24.0 Å². The third kappa shape index (κ3) is 5.77. The summed E-state index contributed by atoms with van der Waals surface area (Å²) in [7, 11) is 1.47. The number of fused-ring (bicyclic) bond motifs is 1. The van der Waals surface area contributed by atoms with E-state index in [1.54, 1.807) is 19.9 Å². The van der Waals surface area contributed by atoms with E-state index in [9.17, 15) is 24.3 Å². The average molecular weight is 449 g/mol. The van der Waals surface area contributed by atoms with Gasteiger partial charge < -0.3 is 30.1 Å². The zero-order valence-corrected chi connectivity index (χ0v) is 18.2. The Morgan fingerprint density at radius 3 is 2.50 bits per heavy atom. The van der Waals surface area contributed by atoms with Gasteiger partial charge in [0.25, 0.3) is 0 Å². The fourth-order valence-electron chi connectivity index (χ4n) is 3.51. The Morgan fingerprint density at radius 2 is 1.91 bits per heavy atom. The van der Waals surface area contributed by atoms with Crippen LogP contribution in [0.2, 0.25) is 0 Å². The molecule has 0 unspecified atom stereocenters. The number of aromatic hydroxyl groups is 1. The highest BCUT2D eigenvalue weighted by molar-refractivity contribution is 5.98. The van der Waals surface area contributed by atoms with E-state index < -0.39 is 29.9 Å². The molecule has 0 saturated carbocycles. The SMILES string of the molecule is COc1c(C)c2c(c(O)c1C/C=C(\C)CCC(=O)N[C@@H](CCC(=O)O)C(=O)O)C(=O)OC2. The lowest BCUT2D eigenvalue weighted by molar-refractivity contribution is -0.143. The van der Waals surface area contributed by atoms with Crippen LogP contribution in [0.15, 0.2) is 11.6 Å². The zero-order valence-electron chi connectivity index (χ0n) is 18.2. The van der Waals surface area contributed by atoms with Crippen LogP contribution in [-0.2, 0) is 32.1 Å². The van der Waals surface area contributed by atoms with E-state index in [0.29, 0.717) is 28.9 Å². The standard InChI is InChI=1S/C22H27NO9/c1-11(5-8-16(24)23-15(21(28)29)7-9-17(25)26)4-6-13-19(27)18-14(10-32-22(18)30)12(2)20(13)31-3/h4,15,27H,5-10H2,1-3H3,(H,23,24)(H,25,26)(H,28,29)/b11-4+/t15-/m0/s1. The third-order valence-corrected chi connectivity index (χ3v) is 5.33. The van der Waals surface area contributed by atoms with Crippen molar-refractivity contribution in [1.29, 1.82) is 0 Å². The van der Waals surface area contributed by atoms with Gasteiger partial charge in [0.15, 0.2) is 0 Å². The number of carboxylic acids is 2. The molecular formula is C22H27NO9. The molecule has 1 heterocycles. The summed E-state index contributed by atoms with van der Waals surface area (Å²) in [5.74, 6) is -3.25. The van der Waals surface area contributed by atoms with Crippen LogP contribution in [0.1, 0.15) is 59.7 Å². The fraction of sp³-hybridized carbons (Fsp3) is 0.455. The molecule has 1 atom stereocenters. The topological polar surface area (TPSA) is 159 Å². The zero-order chi connectivity index (χ0) is 24.0. The maximum Gasteiger partial charge on any atom is 0.342 e. The Bertz CT molecular complexity index is 965. The Morgan fingerprint density at radius 1 is 1.22 bits per heavy atom. The molecule has 0 radical (unpaired) electrons. The summed E-state index contributed by atoms with van der Waals surface area (Å²) in [5, 5.41) is 30.7. The van der Waals surface area contributed by atoms with E-state index in [1.807, 2.05) is 0 Å². The second kappa shape index (κ2) is 10.7. The number of ether oxygens (including phenoxy) is 2. The summed E-state index contributed by atoms with van der Waals surface area (Å²) in [6.07, 6.45) is 1.81. The van der Waals surface area contributed by atoms with Gasteiger partial charge in [-0.25, -0.2) is 9.59 Å². The first kappa shape index (κ1) is 24.7. The number of phenols is 1. The van der Waals surface area contributed by atoms with E-state index in [2.05, 4.69) is 5.32 Å². The molecule has 0 fully saturated rings. The number of benzene rings is 1. The van der Waals surface area contributed by atoms with Crippen LogP contribution in [0.3, 0.4) is 0 Å². The van der Waals surface area contributed by atoms with Crippen molar-refractivity contribution < 1.29 is 44.0 Å². The predicted molar refractivity (Wildman–Crippen MR) is 112 cm³/mol. The quantitative estimate of drug-likeness (QED) is 0.293. The number of amides is 1. The second-order valence-electron chi connectivity index (χ2n) is 7.56. The number of allylic oxidation sites excluding steroid dienone is 2. The molecule has 0 bridgehead atoms. The Balaban J connectivity index is 2.04. The largest absolute Gasteiger partial charge is 0.507 e. The summed E-state index contributed by atoms with van der Waals surface area (Å²) >= 11 is 0. The van der Waals surface area contributed by atoms with Crippen LogP contribution in [0.5, 0.6) is 11.5 Å². The normalized spacial score (nSPS) is 13.8. The van der Waals surface area contributed by atoms with Crippen molar-refractivity contribution in [2.24, 2.45) is 0 Å². The number of hydrogen-bond donors (Lipinski definition) is 4. The average Bonchev–Trinajstić information content (AvgIpc) is 3.12. The van der Waals surface area contributed by atoms with Gasteiger partial charge >= 0.3 is 17.9 Å². The van der Waals surface area contributed by atoms with Crippen LogP contribution in [0.4, 0.5) is 0 Å². The first-order chi connectivity index (χ1) is 15.1. The molecule has 0 saturated heterocycles. The Kier molecular flexibility index (Phi) is 8.22. The Labute approximate surface area is 184 Å². The van der Waals surface area contributed by atoms with E-state index in [0.717, 1.165) is 5.57 Å².